The van der Waals surface area contributed by atoms with E-state index >= 15 is 0 Å². The summed E-state index contributed by atoms with van der Waals surface area (Å²) in [5.41, 5.74) is 1.22. The van der Waals surface area contributed by atoms with Crippen molar-refractivity contribution in [2.45, 2.75) is 0 Å². The van der Waals surface area contributed by atoms with Gasteiger partial charge in [-0.15, -0.1) is 0 Å². The Morgan fingerprint density at radius 3 is 2.67 bits per heavy atom. The largest absolute Gasteiger partial charge is 0.512 e. The fourth-order valence-corrected chi connectivity index (χ4v) is 0.196. The summed E-state index contributed by atoms with van der Waals surface area (Å²) in [6, 6.07) is 3.96. The van der Waals surface area contributed by atoms with E-state index in [4.69, 9.17) is 4.42 Å². The highest BCUT2D eigenvalue weighted by atomic mass is 16.3. The molecule has 0 bridgehead atoms. The van der Waals surface area contributed by atoms with Crippen LogP contribution in [-0.4, -0.2) is 7.85 Å². The van der Waals surface area contributed by atoms with E-state index in [1.54, 1.807) is 6.26 Å². The van der Waals surface area contributed by atoms with E-state index in [2.05, 4.69) is 0 Å². The number of hydrogen-bond acceptors (Lipinski definition) is 1. The van der Waals surface area contributed by atoms with E-state index in [-0.39, 0.29) is 0 Å². The fourth-order valence-electron chi connectivity index (χ4n) is 0.196. The Labute approximate surface area is 37.4 Å². The third-order valence-electron chi connectivity index (χ3n) is 0.379. The molecule has 0 unspecified atom stereocenters. The first kappa shape index (κ1) is 3.53. The minimum absolute atomic E-state index is 0.319. The first-order valence-corrected chi connectivity index (χ1v) is 1.40. The van der Waals surface area contributed by atoms with Crippen molar-refractivity contribution in [3.05, 3.63) is 18.4 Å². The van der Waals surface area contributed by atoms with Gasteiger partial charge in [-0.25, -0.2) is 0 Å². The molecular weight excluding hydrogens is 74.9 g/mol. The van der Waals surface area contributed by atoms with Crippen LogP contribution in [0.2, 0.25) is 0 Å². The number of rotatable bonds is 0. The van der Waals surface area contributed by atoms with Gasteiger partial charge in [-0.3, -0.25) is 0 Å². The summed E-state index contributed by atoms with van der Waals surface area (Å²) in [5.74, 6) is 0. The van der Waals surface area contributed by atoms with Crippen molar-refractivity contribution in [3.63, 3.8) is 0 Å². The van der Waals surface area contributed by atoms with Crippen LogP contribution < -0.4 is 5.66 Å². The Morgan fingerprint density at radius 2 is 2.50 bits per heavy atom. The smallest absolute Gasteiger partial charge is 0.0851 e. The minimum atomic E-state index is 0.319. The lowest BCUT2D eigenvalue weighted by molar-refractivity contribution is 0.602. The molecule has 1 heterocycles. The van der Waals surface area contributed by atoms with E-state index < -0.39 is 0 Å². The molecule has 0 aliphatic heterocycles. The Morgan fingerprint density at radius 1 is 1.67 bits per heavy atom. The van der Waals surface area contributed by atoms with E-state index in [1.165, 1.54) is 5.66 Å². The molecular formula is C4H6BO-. The Balaban J connectivity index is 3.05. The van der Waals surface area contributed by atoms with Gasteiger partial charge in [0.15, 0.2) is 0 Å². The third-order valence-corrected chi connectivity index (χ3v) is 0.379. The highest BCUT2D eigenvalue weighted by molar-refractivity contribution is 6.29. The predicted molar refractivity (Wildman–Crippen MR) is 28.3 cm³/mol. The zero-order chi connectivity index (χ0) is 4.41. The minimum Gasteiger partial charge on any atom is -0.512 e. The molecule has 0 aliphatic rings. The molecule has 1 aromatic rings. The summed E-state index contributed by atoms with van der Waals surface area (Å²) in [4.78, 5) is 0. The summed E-state index contributed by atoms with van der Waals surface area (Å²) >= 11 is 0. The van der Waals surface area contributed by atoms with E-state index in [0.717, 1.165) is 0 Å². The van der Waals surface area contributed by atoms with Crippen LogP contribution in [0.25, 0.3) is 0 Å². The lowest BCUT2D eigenvalue weighted by Crippen LogP contribution is -1.92. The molecule has 2 heteroatoms. The van der Waals surface area contributed by atoms with Crippen LogP contribution in [-0.2, 0) is 0 Å². The molecule has 1 nitrogen and oxygen atoms in total. The second-order valence-corrected chi connectivity index (χ2v) is 0.731. The molecule has 0 aliphatic carbocycles. The maximum Gasteiger partial charge on any atom is 0.0851 e. The van der Waals surface area contributed by atoms with Crippen LogP contribution in [0.1, 0.15) is 0 Å². The molecule has 0 saturated heterocycles. The quantitative estimate of drug-likeness (QED) is 0.375. The van der Waals surface area contributed by atoms with Crippen molar-refractivity contribution in [3.8, 4) is 0 Å². The molecule has 6 heavy (non-hydrogen) atoms. The van der Waals surface area contributed by atoms with Gasteiger partial charge in [0, 0.05) is 7.85 Å². The maximum absolute atomic E-state index is 4.94. The van der Waals surface area contributed by atoms with E-state index in [9.17, 15) is 0 Å². The standard InChI is InChI=1S/C4H6BO/c5-4-2-1-3-6-4/h1-3H,5H3/q-1. The molecule has 0 amide bonds. The average Bonchev–Trinajstić information content (AvgIpc) is 1.86. The van der Waals surface area contributed by atoms with Crippen LogP contribution >= 0.6 is 0 Å². The van der Waals surface area contributed by atoms with Crippen LogP contribution in [0.15, 0.2) is 22.8 Å². The zero-order valence-corrected chi connectivity index (χ0v) is 2.64. The van der Waals surface area contributed by atoms with Crippen LogP contribution in [0, 0.1) is 0 Å². The third kappa shape index (κ3) is 0.457. The fraction of sp³-hybridized carbons (Fsp3) is 0. The van der Waals surface area contributed by atoms with Crippen molar-refractivity contribution in [1.82, 2.24) is 0 Å². The molecule has 0 N–H and O–H groups in total. The lowest BCUT2D eigenvalue weighted by atomic mass is 10.1. The molecule has 1 rings (SSSR count). The number of furan rings is 1. The van der Waals surface area contributed by atoms with Gasteiger partial charge in [0.1, 0.15) is 0 Å². The van der Waals surface area contributed by atoms with Gasteiger partial charge in [0.25, 0.3) is 0 Å². The van der Waals surface area contributed by atoms with Crippen LogP contribution in [0.3, 0.4) is 0 Å². The number of hydrogen-bond donors (Lipinski definition) is 0. The van der Waals surface area contributed by atoms with E-state index in [1.807, 2.05) is 12.1 Å². The maximum atomic E-state index is 4.94. The molecule has 1 aromatic heterocycles. The van der Waals surface area contributed by atoms with Crippen molar-refractivity contribution in [2.24, 2.45) is 0 Å². The highest BCUT2D eigenvalue weighted by Crippen LogP contribution is 1.75. The summed E-state index contributed by atoms with van der Waals surface area (Å²) in [6.07, 6.45) is 1.72. The van der Waals surface area contributed by atoms with Gasteiger partial charge in [0.05, 0.1) is 6.26 Å². The molecule has 0 atom stereocenters. The van der Waals surface area contributed by atoms with Gasteiger partial charge >= 0.3 is 0 Å². The Kier molecular flexibility index (Phi) is 0.711. The van der Waals surface area contributed by atoms with Gasteiger partial charge in [-0.2, -0.15) is 0 Å². The predicted octanol–water partition coefficient (Wildman–Crippen LogP) is -0.730. The van der Waals surface area contributed by atoms with Crippen molar-refractivity contribution in [1.29, 1.82) is 0 Å². The summed E-state index contributed by atoms with van der Waals surface area (Å²) in [5, 5.41) is 0. The highest BCUT2D eigenvalue weighted by Gasteiger charge is 1.69. The van der Waals surface area contributed by atoms with Crippen molar-refractivity contribution < 1.29 is 4.42 Å². The van der Waals surface area contributed by atoms with Crippen LogP contribution in [0.5, 0.6) is 0 Å². The zero-order valence-electron chi connectivity index (χ0n) is 2.64. The molecule has 0 fully saturated rings. The SMILES string of the molecule is [BH3-]c1ccco1. The lowest BCUT2D eigenvalue weighted by Gasteiger charge is -1.77. The normalized spacial score (nSPS) is 8.83. The average molecular weight is 80.9 g/mol. The second-order valence-electron chi connectivity index (χ2n) is 0.731. The van der Waals surface area contributed by atoms with E-state index in [0.29, 0.717) is 7.85 Å². The first-order chi connectivity index (χ1) is 2.89. The molecule has 0 aromatic carbocycles. The topological polar surface area (TPSA) is 13.1 Å². The second kappa shape index (κ2) is 1.21. The summed E-state index contributed by atoms with van der Waals surface area (Å²) in [6.45, 7) is 0. The molecule has 0 saturated carbocycles. The van der Waals surface area contributed by atoms with Gasteiger partial charge in [0.2, 0.25) is 0 Å². The molecule has 0 spiro atoms. The van der Waals surface area contributed by atoms with Crippen molar-refractivity contribution >= 4 is 13.5 Å². The van der Waals surface area contributed by atoms with Gasteiger partial charge in [-0.05, 0) is 6.07 Å². The summed E-state index contributed by atoms with van der Waals surface area (Å²) < 4.78 is 4.94. The van der Waals surface area contributed by atoms with Crippen LogP contribution in [0.4, 0.5) is 0 Å². The molecule has 32 valence electrons. The monoisotopic (exact) mass is 81.1 g/mol. The van der Waals surface area contributed by atoms with Crippen molar-refractivity contribution in [2.75, 3.05) is 0 Å². The summed E-state index contributed by atoms with van der Waals surface area (Å²) in [7, 11) is 0.319. The van der Waals surface area contributed by atoms with Gasteiger partial charge < -0.3 is 4.42 Å². The Hall–Kier alpha value is -0.655. The Bertz CT molecular complexity index is 111. The first-order valence-electron chi connectivity index (χ1n) is 1.40. The van der Waals surface area contributed by atoms with Gasteiger partial charge in [-0.1, -0.05) is 11.7 Å². The molecule has 0 radical (unpaired) electrons.